The van der Waals surface area contributed by atoms with Crippen molar-refractivity contribution in [1.29, 1.82) is 0 Å². The zero-order valence-electron chi connectivity index (χ0n) is 7.50. The van der Waals surface area contributed by atoms with E-state index in [1.165, 1.54) is 0 Å². The molecular weight excluding hydrogens is 265 g/mol. The maximum absolute atomic E-state index is 9.73. The number of aromatic hydroxyl groups is 1. The van der Waals surface area contributed by atoms with E-state index in [-0.39, 0.29) is 11.8 Å². The van der Waals surface area contributed by atoms with Gasteiger partial charge in [-0.2, -0.15) is 0 Å². The number of benzene rings is 1. The zero-order valence-corrected chi connectivity index (χ0v) is 9.85. The Labute approximate surface area is 96.5 Å². The molecule has 0 heterocycles. The van der Waals surface area contributed by atoms with Gasteiger partial charge in [-0.25, -0.2) is 0 Å². The summed E-state index contributed by atoms with van der Waals surface area (Å²) in [4.78, 5) is 0. The quantitative estimate of drug-likeness (QED) is 0.831. The van der Waals surface area contributed by atoms with E-state index in [4.69, 9.17) is 17.3 Å². The largest absolute Gasteiger partial charge is 0.506 e. The van der Waals surface area contributed by atoms with Crippen molar-refractivity contribution in [1.82, 2.24) is 0 Å². The smallest absolute Gasteiger partial charge is 0.136 e. The lowest BCUT2D eigenvalue weighted by atomic mass is 10.0. The molecule has 4 heteroatoms. The summed E-state index contributed by atoms with van der Waals surface area (Å²) in [5.41, 5.74) is 6.40. The number of phenols is 1. The van der Waals surface area contributed by atoms with Crippen LogP contribution in [-0.2, 0) is 0 Å². The third-order valence-corrected chi connectivity index (χ3v) is 2.88. The van der Waals surface area contributed by atoms with Crippen molar-refractivity contribution in [2.24, 2.45) is 5.73 Å². The summed E-state index contributed by atoms with van der Waals surface area (Å²) < 4.78 is 0.594. The monoisotopic (exact) mass is 275 g/mol. The molecular formula is C10H11BrClNO. The molecule has 0 saturated carbocycles. The predicted molar refractivity (Wildman–Crippen MR) is 62.6 cm³/mol. The molecule has 1 atom stereocenters. The molecule has 0 unspecified atom stereocenters. The van der Waals surface area contributed by atoms with Crippen molar-refractivity contribution in [3.05, 3.63) is 39.8 Å². The van der Waals surface area contributed by atoms with E-state index in [9.17, 15) is 5.11 Å². The Morgan fingerprint density at radius 3 is 2.86 bits per heavy atom. The van der Waals surface area contributed by atoms with Crippen LogP contribution in [0.3, 0.4) is 0 Å². The van der Waals surface area contributed by atoms with Crippen LogP contribution in [0.5, 0.6) is 5.75 Å². The van der Waals surface area contributed by atoms with Crippen LogP contribution in [0, 0.1) is 0 Å². The van der Waals surface area contributed by atoms with Crippen LogP contribution in [0.25, 0.3) is 0 Å². The number of hydrogen-bond acceptors (Lipinski definition) is 2. The topological polar surface area (TPSA) is 46.2 Å². The molecule has 0 aromatic heterocycles. The molecule has 0 aliphatic rings. The van der Waals surface area contributed by atoms with Gasteiger partial charge in [0.15, 0.2) is 0 Å². The first-order chi connectivity index (χ1) is 6.57. The first-order valence-electron chi connectivity index (χ1n) is 4.11. The molecule has 3 N–H and O–H groups in total. The van der Waals surface area contributed by atoms with Crippen molar-refractivity contribution in [2.75, 3.05) is 0 Å². The van der Waals surface area contributed by atoms with Crippen LogP contribution in [0.4, 0.5) is 0 Å². The van der Waals surface area contributed by atoms with Crippen molar-refractivity contribution in [3.63, 3.8) is 0 Å². The van der Waals surface area contributed by atoms with E-state index in [1.807, 2.05) is 0 Å². The summed E-state index contributed by atoms with van der Waals surface area (Å²) in [6.07, 6.45) is 2.27. The van der Waals surface area contributed by atoms with E-state index < -0.39 is 0 Å². The lowest BCUT2D eigenvalue weighted by molar-refractivity contribution is 0.458. The predicted octanol–water partition coefficient (Wildman–Crippen LogP) is 3.38. The van der Waals surface area contributed by atoms with E-state index >= 15 is 0 Å². The number of nitrogens with two attached hydrogens (primary N) is 1. The molecule has 1 aromatic carbocycles. The van der Waals surface area contributed by atoms with Gasteiger partial charge in [0, 0.05) is 16.6 Å². The summed E-state index contributed by atoms with van der Waals surface area (Å²) in [7, 11) is 0. The second-order valence-corrected chi connectivity index (χ2v) is 4.18. The standard InChI is InChI=1S/C10H11BrClNO/c1-2-3-8(13)9-7(12)5-4-6(11)10(9)14/h2,4-5,8,14H,1,3,13H2/t8-/m1/s1. The molecule has 1 rings (SSSR count). The SMILES string of the molecule is C=CC[C@@H](N)c1c(Cl)ccc(Br)c1O. The third-order valence-electron chi connectivity index (χ3n) is 1.91. The highest BCUT2D eigenvalue weighted by Gasteiger charge is 2.15. The molecule has 0 fully saturated rings. The molecule has 0 aliphatic carbocycles. The molecule has 2 nitrogen and oxygen atoms in total. The maximum Gasteiger partial charge on any atom is 0.136 e. The fourth-order valence-electron chi connectivity index (χ4n) is 1.21. The first kappa shape index (κ1) is 11.6. The Balaban J connectivity index is 3.17. The summed E-state index contributed by atoms with van der Waals surface area (Å²) in [5.74, 6) is 0.104. The van der Waals surface area contributed by atoms with E-state index in [0.717, 1.165) is 0 Å². The normalized spacial score (nSPS) is 12.5. The van der Waals surface area contributed by atoms with E-state index in [1.54, 1.807) is 18.2 Å². The van der Waals surface area contributed by atoms with Crippen molar-refractivity contribution >= 4 is 27.5 Å². The number of halogens is 2. The second-order valence-electron chi connectivity index (χ2n) is 2.92. The highest BCUT2D eigenvalue weighted by Crippen LogP contribution is 2.37. The lowest BCUT2D eigenvalue weighted by Gasteiger charge is -2.14. The van der Waals surface area contributed by atoms with Crippen LogP contribution in [0.15, 0.2) is 29.3 Å². The van der Waals surface area contributed by atoms with Crippen LogP contribution < -0.4 is 5.73 Å². The molecule has 0 radical (unpaired) electrons. The van der Waals surface area contributed by atoms with Gasteiger partial charge in [0.1, 0.15) is 5.75 Å². The number of phenolic OH excluding ortho intramolecular Hbond substituents is 1. The fourth-order valence-corrected chi connectivity index (χ4v) is 1.85. The average molecular weight is 277 g/mol. The van der Waals surface area contributed by atoms with Crippen LogP contribution >= 0.6 is 27.5 Å². The lowest BCUT2D eigenvalue weighted by Crippen LogP contribution is -2.10. The molecule has 1 aromatic rings. The van der Waals surface area contributed by atoms with Gasteiger partial charge in [0.2, 0.25) is 0 Å². The van der Waals surface area contributed by atoms with Crippen LogP contribution in [0.2, 0.25) is 5.02 Å². The molecule has 0 bridgehead atoms. The Hall–Kier alpha value is -0.510. The van der Waals surface area contributed by atoms with Gasteiger partial charge in [-0.15, -0.1) is 6.58 Å². The minimum absolute atomic E-state index is 0.104. The van der Waals surface area contributed by atoms with Gasteiger partial charge in [-0.1, -0.05) is 17.7 Å². The third kappa shape index (κ3) is 2.29. The fraction of sp³-hybridized carbons (Fsp3) is 0.200. The summed E-state index contributed by atoms with van der Waals surface area (Å²) in [5, 5.41) is 10.2. The Bertz CT molecular complexity index is 354. The van der Waals surface area contributed by atoms with Gasteiger partial charge < -0.3 is 10.8 Å². The van der Waals surface area contributed by atoms with E-state index in [2.05, 4.69) is 22.5 Å². The average Bonchev–Trinajstić information content (AvgIpc) is 2.13. The summed E-state index contributed by atoms with van der Waals surface area (Å²) in [6.45, 7) is 3.59. The van der Waals surface area contributed by atoms with Crippen molar-refractivity contribution < 1.29 is 5.11 Å². The summed E-state index contributed by atoms with van der Waals surface area (Å²) >= 11 is 9.15. The second kappa shape index (κ2) is 4.82. The Morgan fingerprint density at radius 2 is 2.29 bits per heavy atom. The number of hydrogen-bond donors (Lipinski definition) is 2. The molecule has 0 aliphatic heterocycles. The number of rotatable bonds is 3. The minimum atomic E-state index is -0.322. The maximum atomic E-state index is 9.73. The molecule has 14 heavy (non-hydrogen) atoms. The van der Waals surface area contributed by atoms with Crippen LogP contribution in [-0.4, -0.2) is 5.11 Å². The van der Waals surface area contributed by atoms with Gasteiger partial charge in [-0.3, -0.25) is 0 Å². The van der Waals surface area contributed by atoms with Gasteiger partial charge >= 0.3 is 0 Å². The zero-order chi connectivity index (χ0) is 10.7. The Kier molecular flexibility index (Phi) is 3.98. The van der Waals surface area contributed by atoms with Gasteiger partial charge in [0.05, 0.1) is 4.47 Å². The molecule has 76 valence electrons. The highest BCUT2D eigenvalue weighted by atomic mass is 79.9. The molecule has 0 spiro atoms. The first-order valence-corrected chi connectivity index (χ1v) is 5.28. The van der Waals surface area contributed by atoms with Gasteiger partial charge in [-0.05, 0) is 34.5 Å². The van der Waals surface area contributed by atoms with Crippen molar-refractivity contribution in [2.45, 2.75) is 12.5 Å². The molecule has 0 saturated heterocycles. The Morgan fingerprint density at radius 1 is 1.64 bits per heavy atom. The van der Waals surface area contributed by atoms with Crippen LogP contribution in [0.1, 0.15) is 18.0 Å². The highest BCUT2D eigenvalue weighted by molar-refractivity contribution is 9.10. The molecule has 0 amide bonds. The van der Waals surface area contributed by atoms with E-state index in [0.29, 0.717) is 21.5 Å². The van der Waals surface area contributed by atoms with Gasteiger partial charge in [0.25, 0.3) is 0 Å². The van der Waals surface area contributed by atoms with Crippen molar-refractivity contribution in [3.8, 4) is 5.75 Å². The summed E-state index contributed by atoms with van der Waals surface area (Å²) in [6, 6.07) is 3.06. The minimum Gasteiger partial charge on any atom is -0.506 e.